The van der Waals surface area contributed by atoms with Gasteiger partial charge < -0.3 is 5.32 Å². The highest BCUT2D eigenvalue weighted by atomic mass is 16.2. The Kier molecular flexibility index (Phi) is 8.88. The molecular weight excluding hydrogens is 268 g/mol. The van der Waals surface area contributed by atoms with Crippen LogP contribution in [0.15, 0.2) is 24.3 Å². The maximum absolute atomic E-state index is 12.0. The van der Waals surface area contributed by atoms with Crippen molar-refractivity contribution in [3.63, 3.8) is 0 Å². The summed E-state index contributed by atoms with van der Waals surface area (Å²) in [5.41, 5.74) is 1.01. The molecule has 0 saturated carbocycles. The van der Waals surface area contributed by atoms with Crippen LogP contribution in [0.1, 0.15) is 44.5 Å². The Balaban J connectivity index is 0.00000191. The Morgan fingerprint density at radius 2 is 1.76 bits per heavy atom. The number of ketones is 1. The zero-order chi connectivity index (χ0) is 16.4. The number of carbonyl (C=O) groups is 3. The molecule has 0 saturated heterocycles. The van der Waals surface area contributed by atoms with Crippen LogP contribution in [-0.4, -0.2) is 31.2 Å². The summed E-state index contributed by atoms with van der Waals surface area (Å²) in [7, 11) is 1.75. The molecule has 1 aromatic carbocycles. The van der Waals surface area contributed by atoms with Crippen LogP contribution < -0.4 is 10.2 Å². The Hall–Kier alpha value is -2.01. The molecule has 0 aliphatic rings. The fourth-order valence-electron chi connectivity index (χ4n) is 1.58. The van der Waals surface area contributed by atoms with Gasteiger partial charge in [-0.05, 0) is 45.2 Å². The fraction of sp³-hybridized carbons (Fsp3) is 0.438. The molecule has 0 bridgehead atoms. The number of amides is 2. The number of imide groups is 1. The molecule has 0 aliphatic heterocycles. The standard InChI is InChI=1S/C14H18N2O3.C2H6/c1-10(15-3)8-14(19)16(9-17)13-6-4-12(5-7-13)11(2)18;1-2/h4-7,9-10,15H,8H2,1-3H3;1-2H3. The SMILES string of the molecule is CC.CNC(C)CC(=O)N(C=O)c1ccc(C(C)=O)cc1. The smallest absolute Gasteiger partial charge is 0.235 e. The maximum Gasteiger partial charge on any atom is 0.235 e. The second-order valence-electron chi connectivity index (χ2n) is 4.37. The number of Topliss-reactive ketones (excluding diaryl/α,β-unsaturated/α-hetero) is 1. The van der Waals surface area contributed by atoms with Crippen LogP contribution in [0.4, 0.5) is 5.69 Å². The van der Waals surface area contributed by atoms with Crippen LogP contribution in [0, 0.1) is 0 Å². The highest BCUT2D eigenvalue weighted by molar-refractivity contribution is 6.07. The lowest BCUT2D eigenvalue weighted by atomic mass is 10.1. The monoisotopic (exact) mass is 292 g/mol. The summed E-state index contributed by atoms with van der Waals surface area (Å²) in [6.45, 7) is 7.33. The minimum atomic E-state index is -0.285. The first-order chi connectivity index (χ1) is 9.99. The molecule has 1 aromatic rings. The number of anilines is 1. The summed E-state index contributed by atoms with van der Waals surface area (Å²) >= 11 is 0. The number of nitrogens with zero attached hydrogens (tertiary/aromatic N) is 1. The van der Waals surface area contributed by atoms with Gasteiger partial charge in [-0.25, -0.2) is 0 Å². The molecule has 2 amide bonds. The lowest BCUT2D eigenvalue weighted by Crippen LogP contribution is -2.35. The van der Waals surface area contributed by atoms with Gasteiger partial charge in [0.25, 0.3) is 0 Å². The van der Waals surface area contributed by atoms with Gasteiger partial charge in [0.1, 0.15) is 0 Å². The van der Waals surface area contributed by atoms with Crippen molar-refractivity contribution >= 4 is 23.8 Å². The van der Waals surface area contributed by atoms with Gasteiger partial charge in [0.15, 0.2) is 5.78 Å². The average molecular weight is 292 g/mol. The molecule has 0 aromatic heterocycles. The number of hydrogen-bond acceptors (Lipinski definition) is 4. The van der Waals surface area contributed by atoms with Gasteiger partial charge in [-0.2, -0.15) is 0 Å². The van der Waals surface area contributed by atoms with Crippen LogP contribution >= 0.6 is 0 Å². The van der Waals surface area contributed by atoms with Crippen LogP contribution in [0.2, 0.25) is 0 Å². The fourth-order valence-corrected chi connectivity index (χ4v) is 1.58. The van der Waals surface area contributed by atoms with Crippen molar-refractivity contribution in [3.8, 4) is 0 Å². The summed E-state index contributed by atoms with van der Waals surface area (Å²) in [6, 6.07) is 6.37. The molecule has 0 aliphatic carbocycles. The predicted octanol–water partition coefficient (Wildman–Crippen LogP) is 2.40. The summed E-state index contributed by atoms with van der Waals surface area (Å²) < 4.78 is 0. The molecule has 0 fully saturated rings. The van der Waals surface area contributed by atoms with Crippen molar-refractivity contribution in [2.45, 2.75) is 40.2 Å². The highest BCUT2D eigenvalue weighted by Gasteiger charge is 2.17. The van der Waals surface area contributed by atoms with Gasteiger partial charge in [-0.15, -0.1) is 0 Å². The van der Waals surface area contributed by atoms with Gasteiger partial charge in [0.05, 0.1) is 5.69 Å². The van der Waals surface area contributed by atoms with Gasteiger partial charge in [0.2, 0.25) is 12.3 Å². The molecule has 1 rings (SSSR count). The van der Waals surface area contributed by atoms with E-state index in [0.29, 0.717) is 17.7 Å². The number of nitrogens with one attached hydrogen (secondary N) is 1. The van der Waals surface area contributed by atoms with E-state index in [4.69, 9.17) is 0 Å². The van der Waals surface area contributed by atoms with E-state index in [-0.39, 0.29) is 24.2 Å². The molecule has 1 unspecified atom stereocenters. The van der Waals surface area contributed by atoms with E-state index in [0.717, 1.165) is 4.90 Å². The van der Waals surface area contributed by atoms with E-state index < -0.39 is 0 Å². The Morgan fingerprint density at radius 3 is 2.14 bits per heavy atom. The van der Waals surface area contributed by atoms with Crippen molar-refractivity contribution in [2.75, 3.05) is 11.9 Å². The second-order valence-corrected chi connectivity index (χ2v) is 4.37. The van der Waals surface area contributed by atoms with Crippen molar-refractivity contribution in [2.24, 2.45) is 0 Å². The Labute approximate surface area is 126 Å². The molecule has 1 N–H and O–H groups in total. The van der Waals surface area contributed by atoms with Gasteiger partial charge in [-0.3, -0.25) is 19.3 Å². The second kappa shape index (κ2) is 9.83. The minimum absolute atomic E-state index is 0.00792. The molecule has 0 heterocycles. The lowest BCUT2D eigenvalue weighted by Gasteiger charge is -2.18. The molecule has 5 nitrogen and oxygen atoms in total. The number of hydrogen-bond donors (Lipinski definition) is 1. The largest absolute Gasteiger partial charge is 0.317 e. The van der Waals surface area contributed by atoms with Crippen molar-refractivity contribution in [1.29, 1.82) is 0 Å². The van der Waals surface area contributed by atoms with E-state index in [9.17, 15) is 14.4 Å². The van der Waals surface area contributed by atoms with E-state index in [1.54, 1.807) is 31.3 Å². The Morgan fingerprint density at radius 1 is 1.24 bits per heavy atom. The number of benzene rings is 1. The molecule has 5 heteroatoms. The van der Waals surface area contributed by atoms with Crippen LogP contribution in [-0.2, 0) is 9.59 Å². The number of carbonyl (C=O) groups excluding carboxylic acids is 3. The van der Waals surface area contributed by atoms with Crippen LogP contribution in [0.3, 0.4) is 0 Å². The first-order valence-corrected chi connectivity index (χ1v) is 7.05. The van der Waals surface area contributed by atoms with Crippen LogP contribution in [0.5, 0.6) is 0 Å². The molecule has 0 radical (unpaired) electrons. The van der Waals surface area contributed by atoms with Crippen molar-refractivity contribution in [1.82, 2.24) is 5.32 Å². The van der Waals surface area contributed by atoms with Crippen molar-refractivity contribution < 1.29 is 14.4 Å². The molecule has 1 atom stereocenters. The third-order valence-corrected chi connectivity index (χ3v) is 2.90. The van der Waals surface area contributed by atoms with Crippen molar-refractivity contribution in [3.05, 3.63) is 29.8 Å². The molecule has 21 heavy (non-hydrogen) atoms. The molecular formula is C16H24N2O3. The average Bonchev–Trinajstić information content (AvgIpc) is 2.50. The quantitative estimate of drug-likeness (QED) is 0.646. The van der Waals surface area contributed by atoms with Gasteiger partial charge in [0, 0.05) is 18.0 Å². The third kappa shape index (κ3) is 5.87. The van der Waals surface area contributed by atoms with E-state index in [1.165, 1.54) is 6.92 Å². The Bertz CT molecular complexity index is 469. The first-order valence-electron chi connectivity index (χ1n) is 7.05. The maximum atomic E-state index is 12.0. The van der Waals surface area contributed by atoms with E-state index >= 15 is 0 Å². The zero-order valence-corrected chi connectivity index (χ0v) is 13.3. The third-order valence-electron chi connectivity index (χ3n) is 2.90. The number of rotatable bonds is 6. The normalized spacial score (nSPS) is 10.9. The predicted molar refractivity (Wildman–Crippen MR) is 84.5 cm³/mol. The van der Waals surface area contributed by atoms with E-state index in [2.05, 4.69) is 5.32 Å². The van der Waals surface area contributed by atoms with Crippen LogP contribution in [0.25, 0.3) is 0 Å². The summed E-state index contributed by atoms with van der Waals surface area (Å²) in [4.78, 5) is 35.2. The van der Waals surface area contributed by atoms with Gasteiger partial charge >= 0.3 is 0 Å². The minimum Gasteiger partial charge on any atom is -0.317 e. The topological polar surface area (TPSA) is 66.5 Å². The highest BCUT2D eigenvalue weighted by Crippen LogP contribution is 2.15. The molecule has 0 spiro atoms. The van der Waals surface area contributed by atoms with E-state index in [1.807, 2.05) is 20.8 Å². The first kappa shape index (κ1) is 19.0. The zero-order valence-electron chi connectivity index (χ0n) is 13.3. The lowest BCUT2D eigenvalue weighted by molar-refractivity contribution is -0.122. The molecule has 116 valence electrons. The summed E-state index contributed by atoms with van der Waals surface area (Å²) in [5, 5.41) is 2.94. The summed E-state index contributed by atoms with van der Waals surface area (Å²) in [6.07, 6.45) is 0.719. The summed E-state index contributed by atoms with van der Waals surface area (Å²) in [5.74, 6) is -0.341. The van der Waals surface area contributed by atoms with Gasteiger partial charge in [-0.1, -0.05) is 13.8 Å².